The highest BCUT2D eigenvalue weighted by Crippen LogP contribution is 2.31. The van der Waals surface area contributed by atoms with Gasteiger partial charge < -0.3 is 10.2 Å². The number of benzene rings is 1. The third-order valence-corrected chi connectivity index (χ3v) is 5.83. The molecule has 2 aliphatic heterocycles. The van der Waals surface area contributed by atoms with E-state index in [1.807, 2.05) is 28.8 Å². The Morgan fingerprint density at radius 3 is 2.45 bits per heavy atom. The molecule has 2 heterocycles. The Bertz CT molecular complexity index is 483. The van der Waals surface area contributed by atoms with Crippen LogP contribution in [0.3, 0.4) is 0 Å². The Hall–Kier alpha value is -0.420. The first-order chi connectivity index (χ1) is 10.2. The average Bonchev–Trinajstić information content (AvgIpc) is 3.04. The van der Waals surface area contributed by atoms with Crippen molar-refractivity contribution in [1.82, 2.24) is 10.2 Å². The van der Waals surface area contributed by atoms with Gasteiger partial charge in [-0.2, -0.15) is 0 Å². The van der Waals surface area contributed by atoms with Crippen molar-refractivity contribution >= 4 is 41.7 Å². The fourth-order valence-electron chi connectivity index (χ4n) is 3.02. The quantitative estimate of drug-likeness (QED) is 0.893. The molecule has 3 rings (SSSR count). The summed E-state index contributed by atoms with van der Waals surface area (Å²) in [6.07, 6.45) is 4.27. The molecule has 0 spiro atoms. The van der Waals surface area contributed by atoms with E-state index >= 15 is 0 Å². The van der Waals surface area contributed by atoms with Gasteiger partial charge in [0.15, 0.2) is 0 Å². The summed E-state index contributed by atoms with van der Waals surface area (Å²) in [5, 5.41) is 4.69. The van der Waals surface area contributed by atoms with E-state index in [9.17, 15) is 4.79 Å². The second-order valence-corrected chi connectivity index (χ2v) is 7.56. The molecule has 1 amide bonds. The number of amides is 1. The lowest BCUT2D eigenvalue weighted by Crippen LogP contribution is -2.47. The van der Waals surface area contributed by atoms with E-state index in [1.165, 1.54) is 4.90 Å². The highest BCUT2D eigenvalue weighted by Gasteiger charge is 2.29. The second kappa shape index (κ2) is 8.44. The predicted octanol–water partition coefficient (Wildman–Crippen LogP) is 3.60. The first kappa shape index (κ1) is 17.9. The molecule has 1 N–H and O–H groups in total. The molecule has 2 fully saturated rings. The minimum atomic E-state index is 0. The van der Waals surface area contributed by atoms with Gasteiger partial charge in [-0.25, -0.2) is 0 Å². The minimum Gasteiger partial charge on any atom is -0.341 e. The molecule has 1 atom stereocenters. The van der Waals surface area contributed by atoms with Crippen LogP contribution in [0.25, 0.3) is 0 Å². The number of hydrogen-bond acceptors (Lipinski definition) is 3. The Labute approximate surface area is 147 Å². The van der Waals surface area contributed by atoms with E-state index in [4.69, 9.17) is 11.6 Å². The van der Waals surface area contributed by atoms with Crippen molar-refractivity contribution in [3.8, 4) is 0 Å². The number of carbonyl (C=O) groups excluding carboxylic acids is 1. The fourth-order valence-corrected chi connectivity index (χ4v) is 4.27. The Balaban J connectivity index is 0.00000176. The molecule has 0 aliphatic carbocycles. The van der Waals surface area contributed by atoms with Crippen LogP contribution >= 0.6 is 35.8 Å². The van der Waals surface area contributed by atoms with Crippen LogP contribution in [-0.4, -0.2) is 41.7 Å². The summed E-state index contributed by atoms with van der Waals surface area (Å²) in [6.45, 7) is 2.77. The van der Waals surface area contributed by atoms with Crippen LogP contribution in [-0.2, 0) is 4.79 Å². The maximum atomic E-state index is 12.3. The summed E-state index contributed by atoms with van der Waals surface area (Å²) in [6, 6.07) is 8.10. The van der Waals surface area contributed by atoms with E-state index in [1.54, 1.807) is 0 Å². The zero-order chi connectivity index (χ0) is 14.7. The SMILES string of the molecule is Cl.O=C(C1CCCN1)N1CCC(Sc2ccc(Cl)cc2)CC1. The largest absolute Gasteiger partial charge is 0.341 e. The Morgan fingerprint density at radius 2 is 1.86 bits per heavy atom. The number of hydrogen-bond donors (Lipinski definition) is 1. The van der Waals surface area contributed by atoms with Crippen molar-refractivity contribution < 1.29 is 4.79 Å². The van der Waals surface area contributed by atoms with Crippen molar-refractivity contribution in [2.24, 2.45) is 0 Å². The molecule has 0 aromatic heterocycles. The number of carbonyl (C=O) groups is 1. The van der Waals surface area contributed by atoms with Crippen LogP contribution in [0, 0.1) is 0 Å². The highest BCUT2D eigenvalue weighted by atomic mass is 35.5. The van der Waals surface area contributed by atoms with Gasteiger partial charge in [0.25, 0.3) is 0 Å². The lowest BCUT2D eigenvalue weighted by atomic mass is 10.1. The number of halogens is 2. The number of piperidine rings is 1. The molecule has 2 aliphatic rings. The van der Waals surface area contributed by atoms with E-state index in [0.29, 0.717) is 11.2 Å². The number of likely N-dealkylation sites (tertiary alicyclic amines) is 1. The summed E-state index contributed by atoms with van der Waals surface area (Å²) in [7, 11) is 0. The zero-order valence-corrected chi connectivity index (χ0v) is 14.9. The molecule has 2 saturated heterocycles. The Morgan fingerprint density at radius 1 is 1.18 bits per heavy atom. The summed E-state index contributed by atoms with van der Waals surface area (Å²) in [5.74, 6) is 0.308. The summed E-state index contributed by atoms with van der Waals surface area (Å²) in [5.41, 5.74) is 0. The Kier molecular flexibility index (Phi) is 6.87. The number of rotatable bonds is 3. The smallest absolute Gasteiger partial charge is 0.239 e. The molecule has 6 heteroatoms. The van der Waals surface area contributed by atoms with Gasteiger partial charge in [0.05, 0.1) is 6.04 Å². The maximum absolute atomic E-state index is 12.3. The summed E-state index contributed by atoms with van der Waals surface area (Å²) >= 11 is 7.82. The van der Waals surface area contributed by atoms with E-state index in [2.05, 4.69) is 17.4 Å². The lowest BCUT2D eigenvalue weighted by Gasteiger charge is -2.33. The van der Waals surface area contributed by atoms with Crippen LogP contribution < -0.4 is 5.32 Å². The lowest BCUT2D eigenvalue weighted by molar-refractivity contribution is -0.133. The molecule has 0 saturated carbocycles. The third kappa shape index (κ3) is 4.54. The monoisotopic (exact) mass is 360 g/mol. The van der Waals surface area contributed by atoms with Crippen LogP contribution in [0.4, 0.5) is 0 Å². The number of nitrogens with one attached hydrogen (secondary N) is 1. The van der Waals surface area contributed by atoms with E-state index in [0.717, 1.165) is 50.3 Å². The standard InChI is InChI=1S/C16H21ClN2OS.ClH/c17-12-3-5-13(6-4-12)21-14-7-10-19(11-8-14)16(20)15-2-1-9-18-15;/h3-6,14-15,18H,1-2,7-11H2;1H. The van der Waals surface area contributed by atoms with Gasteiger partial charge in [0, 0.05) is 28.3 Å². The second-order valence-electron chi connectivity index (χ2n) is 5.75. The van der Waals surface area contributed by atoms with Gasteiger partial charge in [-0.1, -0.05) is 11.6 Å². The van der Waals surface area contributed by atoms with E-state index < -0.39 is 0 Å². The average molecular weight is 361 g/mol. The molecule has 0 bridgehead atoms. The van der Waals surface area contributed by atoms with Gasteiger partial charge in [0.1, 0.15) is 0 Å². The van der Waals surface area contributed by atoms with Crippen molar-refractivity contribution in [3.63, 3.8) is 0 Å². The van der Waals surface area contributed by atoms with Crippen molar-refractivity contribution in [2.45, 2.75) is 41.9 Å². The summed E-state index contributed by atoms with van der Waals surface area (Å²) < 4.78 is 0. The maximum Gasteiger partial charge on any atom is 0.239 e. The molecular formula is C16H22Cl2N2OS. The van der Waals surface area contributed by atoms with Crippen molar-refractivity contribution in [2.75, 3.05) is 19.6 Å². The zero-order valence-electron chi connectivity index (χ0n) is 12.5. The number of nitrogens with zero attached hydrogens (tertiary/aromatic N) is 1. The molecule has 1 aromatic carbocycles. The molecule has 22 heavy (non-hydrogen) atoms. The molecule has 3 nitrogen and oxygen atoms in total. The highest BCUT2D eigenvalue weighted by molar-refractivity contribution is 8.00. The van der Waals surface area contributed by atoms with Gasteiger partial charge in [0.2, 0.25) is 5.91 Å². The van der Waals surface area contributed by atoms with Gasteiger partial charge in [-0.05, 0) is 56.5 Å². The normalized spacial score (nSPS) is 22.4. The van der Waals surface area contributed by atoms with Crippen molar-refractivity contribution in [1.29, 1.82) is 0 Å². The van der Waals surface area contributed by atoms with Crippen LogP contribution in [0.2, 0.25) is 5.02 Å². The molecular weight excluding hydrogens is 339 g/mol. The minimum absolute atomic E-state index is 0. The predicted molar refractivity (Wildman–Crippen MR) is 95.2 cm³/mol. The van der Waals surface area contributed by atoms with Crippen molar-refractivity contribution in [3.05, 3.63) is 29.3 Å². The fraction of sp³-hybridized carbons (Fsp3) is 0.562. The van der Waals surface area contributed by atoms with Gasteiger partial charge >= 0.3 is 0 Å². The molecule has 1 unspecified atom stereocenters. The first-order valence-electron chi connectivity index (χ1n) is 7.67. The van der Waals surface area contributed by atoms with Gasteiger partial charge in [-0.15, -0.1) is 24.2 Å². The van der Waals surface area contributed by atoms with Crippen LogP contribution in [0.1, 0.15) is 25.7 Å². The van der Waals surface area contributed by atoms with E-state index in [-0.39, 0.29) is 18.4 Å². The van der Waals surface area contributed by atoms with Crippen LogP contribution in [0.5, 0.6) is 0 Å². The van der Waals surface area contributed by atoms with Gasteiger partial charge in [-0.3, -0.25) is 4.79 Å². The molecule has 122 valence electrons. The third-order valence-electron chi connectivity index (χ3n) is 4.23. The number of thioether (sulfide) groups is 1. The molecule has 0 radical (unpaired) electrons. The molecule has 1 aromatic rings. The summed E-state index contributed by atoms with van der Waals surface area (Å²) in [4.78, 5) is 15.7. The van der Waals surface area contributed by atoms with Crippen LogP contribution in [0.15, 0.2) is 29.2 Å². The first-order valence-corrected chi connectivity index (χ1v) is 8.92. The topological polar surface area (TPSA) is 32.3 Å².